The molecule has 0 aromatic carbocycles. The molecule has 6 nitrogen and oxygen atoms in total. The first-order chi connectivity index (χ1) is 37.0. The van der Waals surface area contributed by atoms with Crippen molar-refractivity contribution in [2.24, 2.45) is 0 Å². The molecule has 0 bridgehead atoms. The van der Waals surface area contributed by atoms with Crippen LogP contribution in [0.3, 0.4) is 0 Å². The Morgan fingerprint density at radius 1 is 0.280 bits per heavy atom. The van der Waals surface area contributed by atoms with Crippen LogP contribution in [0, 0.1) is 0 Å². The van der Waals surface area contributed by atoms with Gasteiger partial charge in [-0.05, 0) is 89.9 Å². The maximum atomic E-state index is 12.9. The molecule has 1 atom stereocenters. The second-order valence-corrected chi connectivity index (χ2v) is 21.6. The van der Waals surface area contributed by atoms with E-state index >= 15 is 0 Å². The van der Waals surface area contributed by atoms with E-state index in [1.807, 2.05) is 0 Å². The number of rotatable bonds is 59. The van der Waals surface area contributed by atoms with Gasteiger partial charge in [0.25, 0.3) is 0 Å². The first-order valence-corrected chi connectivity index (χ1v) is 32.4. The second kappa shape index (κ2) is 63.4. The number of carbonyl (C=O) groups is 3. The fourth-order valence-electron chi connectivity index (χ4n) is 9.35. The molecule has 434 valence electrons. The van der Waals surface area contributed by atoms with E-state index in [2.05, 4.69) is 93.7 Å². The van der Waals surface area contributed by atoms with E-state index in [-0.39, 0.29) is 31.1 Å². The molecule has 0 heterocycles. The highest BCUT2D eigenvalue weighted by Gasteiger charge is 2.19. The molecule has 0 aliphatic carbocycles. The van der Waals surface area contributed by atoms with Crippen LogP contribution >= 0.6 is 0 Å². The molecular formula is C69H122O6. The van der Waals surface area contributed by atoms with Crippen molar-refractivity contribution in [1.29, 1.82) is 0 Å². The average Bonchev–Trinajstić information content (AvgIpc) is 3.41. The molecule has 0 N–H and O–H groups in total. The minimum atomic E-state index is -0.783. The molecular weight excluding hydrogens is 925 g/mol. The molecule has 0 aliphatic heterocycles. The Kier molecular flexibility index (Phi) is 60.7. The zero-order valence-electron chi connectivity index (χ0n) is 49.8. The highest BCUT2D eigenvalue weighted by Crippen LogP contribution is 2.17. The lowest BCUT2D eigenvalue weighted by atomic mass is 10.0. The SMILES string of the molecule is CC/C=C\C/C=C\C/C=C\C/C=C\C/C=C\CCCCCCCCCC(=O)OCC(COC(=O)CCCCCCC/C=C\CCCCC)OC(=O)CCCCCCCCCCCCCCCCCCCCCCCC. The number of esters is 3. The molecule has 0 spiro atoms. The number of hydrogen-bond donors (Lipinski definition) is 0. The number of ether oxygens (including phenoxy) is 3. The summed E-state index contributed by atoms with van der Waals surface area (Å²) in [6, 6.07) is 0. The lowest BCUT2D eigenvalue weighted by molar-refractivity contribution is -0.167. The van der Waals surface area contributed by atoms with Gasteiger partial charge in [-0.2, -0.15) is 0 Å². The Morgan fingerprint density at radius 2 is 0.520 bits per heavy atom. The second-order valence-electron chi connectivity index (χ2n) is 21.6. The number of carbonyl (C=O) groups excluding carboxylic acids is 3. The van der Waals surface area contributed by atoms with Crippen molar-refractivity contribution in [3.8, 4) is 0 Å². The lowest BCUT2D eigenvalue weighted by Gasteiger charge is -2.18. The molecule has 1 unspecified atom stereocenters. The maximum Gasteiger partial charge on any atom is 0.306 e. The minimum Gasteiger partial charge on any atom is -0.462 e. The normalized spacial score (nSPS) is 12.5. The summed E-state index contributed by atoms with van der Waals surface area (Å²) in [4.78, 5) is 38.3. The minimum absolute atomic E-state index is 0.0805. The summed E-state index contributed by atoms with van der Waals surface area (Å²) in [5.41, 5.74) is 0. The van der Waals surface area contributed by atoms with E-state index in [0.29, 0.717) is 19.3 Å². The van der Waals surface area contributed by atoms with Gasteiger partial charge in [-0.25, -0.2) is 0 Å². The van der Waals surface area contributed by atoms with Crippen molar-refractivity contribution >= 4 is 17.9 Å². The lowest BCUT2D eigenvalue weighted by Crippen LogP contribution is -2.30. The van der Waals surface area contributed by atoms with Crippen molar-refractivity contribution in [3.05, 3.63) is 72.9 Å². The van der Waals surface area contributed by atoms with Crippen LogP contribution in [0.1, 0.15) is 329 Å². The Labute approximate surface area is 465 Å². The van der Waals surface area contributed by atoms with E-state index in [1.165, 1.54) is 186 Å². The van der Waals surface area contributed by atoms with Crippen molar-refractivity contribution in [3.63, 3.8) is 0 Å². The molecule has 0 saturated carbocycles. The van der Waals surface area contributed by atoms with Gasteiger partial charge in [-0.3, -0.25) is 14.4 Å². The van der Waals surface area contributed by atoms with Gasteiger partial charge < -0.3 is 14.2 Å². The van der Waals surface area contributed by atoms with E-state index in [1.54, 1.807) is 0 Å². The third-order valence-corrected chi connectivity index (χ3v) is 14.2. The summed E-state index contributed by atoms with van der Waals surface area (Å²) in [5.74, 6) is -0.883. The molecule has 0 amide bonds. The largest absolute Gasteiger partial charge is 0.462 e. The fraction of sp³-hybridized carbons (Fsp3) is 0.783. The van der Waals surface area contributed by atoms with Crippen molar-refractivity contribution in [2.75, 3.05) is 13.2 Å². The van der Waals surface area contributed by atoms with Gasteiger partial charge in [0.05, 0.1) is 0 Å². The fourth-order valence-corrected chi connectivity index (χ4v) is 9.35. The number of hydrogen-bond acceptors (Lipinski definition) is 6. The topological polar surface area (TPSA) is 78.9 Å². The molecule has 0 fully saturated rings. The predicted molar refractivity (Wildman–Crippen MR) is 325 cm³/mol. The number of unbranched alkanes of at least 4 members (excludes halogenated alkanes) is 36. The summed E-state index contributed by atoms with van der Waals surface area (Å²) in [7, 11) is 0. The quantitative estimate of drug-likeness (QED) is 0.0261. The van der Waals surface area contributed by atoms with E-state index < -0.39 is 6.10 Å². The standard InChI is InChI=1S/C69H122O6/c1-4-7-10-13-16-19-22-25-27-29-31-33-35-37-38-40-42-44-47-50-53-56-59-62-68(71)74-65-66(64-73-67(70)61-58-55-52-49-46-24-21-18-15-12-9-6-3)75-69(72)63-60-57-54-51-48-45-43-41-39-36-34-32-30-28-26-23-20-17-14-11-8-5-2/h7,10,16,18-19,21,25,27,31,33,37-38,66H,4-6,8-9,11-15,17,20,22-24,26,28-30,32,34-36,39-65H2,1-3H3/b10-7-,19-16-,21-18-,27-25-,33-31-,38-37-. The van der Waals surface area contributed by atoms with Crippen LogP contribution in [-0.4, -0.2) is 37.2 Å². The Hall–Kier alpha value is -3.15. The third kappa shape index (κ3) is 61.6. The first-order valence-electron chi connectivity index (χ1n) is 32.4. The van der Waals surface area contributed by atoms with E-state index in [9.17, 15) is 14.4 Å². The summed E-state index contributed by atoms with van der Waals surface area (Å²) in [6.07, 6.45) is 82.0. The Morgan fingerprint density at radius 3 is 0.853 bits per heavy atom. The predicted octanol–water partition coefficient (Wildman–Crippen LogP) is 22.1. The van der Waals surface area contributed by atoms with Gasteiger partial charge in [0.2, 0.25) is 0 Å². The summed E-state index contributed by atoms with van der Waals surface area (Å²) in [6.45, 7) is 6.53. The van der Waals surface area contributed by atoms with Crippen LogP contribution in [0.4, 0.5) is 0 Å². The molecule has 0 aliphatic rings. The van der Waals surface area contributed by atoms with E-state index in [0.717, 1.165) is 103 Å². The van der Waals surface area contributed by atoms with Gasteiger partial charge in [-0.15, -0.1) is 0 Å². The van der Waals surface area contributed by atoms with Gasteiger partial charge in [-0.1, -0.05) is 293 Å². The summed E-state index contributed by atoms with van der Waals surface area (Å²) in [5, 5.41) is 0. The number of allylic oxidation sites excluding steroid dienone is 12. The maximum absolute atomic E-state index is 12.9. The summed E-state index contributed by atoms with van der Waals surface area (Å²) < 4.78 is 16.9. The van der Waals surface area contributed by atoms with Crippen LogP contribution in [0.2, 0.25) is 0 Å². The molecule has 0 saturated heterocycles. The monoisotopic (exact) mass is 1050 g/mol. The molecule has 75 heavy (non-hydrogen) atoms. The van der Waals surface area contributed by atoms with Gasteiger partial charge in [0, 0.05) is 19.3 Å². The molecule has 0 radical (unpaired) electrons. The zero-order chi connectivity index (χ0) is 54.3. The highest BCUT2D eigenvalue weighted by molar-refractivity contribution is 5.71. The molecule has 0 aromatic rings. The Bertz CT molecular complexity index is 1390. The Balaban J connectivity index is 4.30. The van der Waals surface area contributed by atoms with Gasteiger partial charge >= 0.3 is 17.9 Å². The van der Waals surface area contributed by atoms with Crippen molar-refractivity contribution < 1.29 is 28.6 Å². The van der Waals surface area contributed by atoms with Gasteiger partial charge in [0.15, 0.2) is 6.10 Å². The smallest absolute Gasteiger partial charge is 0.306 e. The van der Waals surface area contributed by atoms with Crippen LogP contribution < -0.4 is 0 Å². The van der Waals surface area contributed by atoms with Gasteiger partial charge in [0.1, 0.15) is 13.2 Å². The van der Waals surface area contributed by atoms with Crippen LogP contribution in [0.15, 0.2) is 72.9 Å². The average molecular weight is 1050 g/mol. The van der Waals surface area contributed by atoms with Crippen molar-refractivity contribution in [1.82, 2.24) is 0 Å². The van der Waals surface area contributed by atoms with E-state index in [4.69, 9.17) is 14.2 Å². The van der Waals surface area contributed by atoms with Crippen LogP contribution in [0.5, 0.6) is 0 Å². The van der Waals surface area contributed by atoms with Crippen LogP contribution in [-0.2, 0) is 28.6 Å². The highest BCUT2D eigenvalue weighted by atomic mass is 16.6. The molecule has 0 rings (SSSR count). The molecule has 0 aromatic heterocycles. The molecule has 6 heteroatoms. The van der Waals surface area contributed by atoms with Crippen LogP contribution in [0.25, 0.3) is 0 Å². The third-order valence-electron chi connectivity index (χ3n) is 14.2. The summed E-state index contributed by atoms with van der Waals surface area (Å²) >= 11 is 0. The first kappa shape index (κ1) is 71.8. The zero-order valence-corrected chi connectivity index (χ0v) is 49.8. The van der Waals surface area contributed by atoms with Crippen molar-refractivity contribution in [2.45, 2.75) is 335 Å².